The quantitative estimate of drug-likeness (QED) is 0.372. The van der Waals surface area contributed by atoms with Gasteiger partial charge in [-0.05, 0) is 55.5 Å². The van der Waals surface area contributed by atoms with Gasteiger partial charge < -0.3 is 4.74 Å². The molecule has 3 aromatic carbocycles. The molecule has 0 aliphatic rings. The van der Waals surface area contributed by atoms with Crippen molar-refractivity contribution in [3.8, 4) is 22.7 Å². The Labute approximate surface area is 180 Å². The van der Waals surface area contributed by atoms with Gasteiger partial charge in [-0.15, -0.1) is 0 Å². The lowest BCUT2D eigenvalue weighted by molar-refractivity contribution is 0.0955. The number of nitrogens with one attached hydrogen (secondary N) is 1. The van der Waals surface area contributed by atoms with E-state index in [0.29, 0.717) is 5.56 Å². The van der Waals surface area contributed by atoms with Crippen molar-refractivity contribution in [2.45, 2.75) is 6.92 Å². The number of ether oxygens (including phenoxy) is 1. The molecule has 0 aliphatic carbocycles. The van der Waals surface area contributed by atoms with E-state index in [9.17, 15) is 4.79 Å². The predicted octanol–water partition coefficient (Wildman–Crippen LogP) is 4.62. The summed E-state index contributed by atoms with van der Waals surface area (Å²) in [6.07, 6.45) is 3.49. The second kappa shape index (κ2) is 9.09. The van der Waals surface area contributed by atoms with E-state index in [1.807, 2.05) is 79.9 Å². The molecule has 0 spiro atoms. The lowest BCUT2D eigenvalue weighted by atomic mass is 10.1. The summed E-state index contributed by atoms with van der Waals surface area (Å²) in [6.45, 7) is 1.98. The molecule has 1 heterocycles. The van der Waals surface area contributed by atoms with Crippen LogP contribution < -0.4 is 10.2 Å². The SMILES string of the molecule is COc1ccc(-c2nn(-c3ccccc3)cc2C=NNC(=O)c2ccc(C)cc2)cc1. The number of rotatable bonds is 6. The van der Waals surface area contributed by atoms with Crippen LogP contribution in [0, 0.1) is 6.92 Å². The number of amides is 1. The van der Waals surface area contributed by atoms with Gasteiger partial charge in [-0.1, -0.05) is 35.9 Å². The Balaban J connectivity index is 1.63. The molecule has 0 bridgehead atoms. The number of hydrazone groups is 1. The highest BCUT2D eigenvalue weighted by atomic mass is 16.5. The first-order valence-electron chi connectivity index (χ1n) is 9.83. The number of hydrogen-bond acceptors (Lipinski definition) is 4. The third kappa shape index (κ3) is 4.70. The van der Waals surface area contributed by atoms with E-state index in [4.69, 9.17) is 9.84 Å². The highest BCUT2D eigenvalue weighted by Crippen LogP contribution is 2.25. The van der Waals surface area contributed by atoms with E-state index in [1.165, 1.54) is 0 Å². The van der Waals surface area contributed by atoms with E-state index in [1.54, 1.807) is 30.1 Å². The third-order valence-electron chi connectivity index (χ3n) is 4.81. The van der Waals surface area contributed by atoms with Gasteiger partial charge in [0, 0.05) is 22.9 Å². The van der Waals surface area contributed by atoms with Gasteiger partial charge in [-0.25, -0.2) is 10.1 Å². The average Bonchev–Trinajstić information content (AvgIpc) is 3.24. The zero-order chi connectivity index (χ0) is 21.6. The molecular formula is C25H22N4O2. The van der Waals surface area contributed by atoms with Crippen LogP contribution in [0.1, 0.15) is 21.5 Å². The summed E-state index contributed by atoms with van der Waals surface area (Å²) in [7, 11) is 1.63. The summed E-state index contributed by atoms with van der Waals surface area (Å²) in [6, 6.07) is 24.8. The van der Waals surface area contributed by atoms with Crippen molar-refractivity contribution in [2.24, 2.45) is 5.10 Å². The lowest BCUT2D eigenvalue weighted by Gasteiger charge is -2.03. The fraction of sp³-hybridized carbons (Fsp3) is 0.0800. The Morgan fingerprint density at radius 3 is 2.39 bits per heavy atom. The number of carbonyl (C=O) groups excluding carboxylic acids is 1. The van der Waals surface area contributed by atoms with Crippen LogP contribution in [0.2, 0.25) is 0 Å². The van der Waals surface area contributed by atoms with Gasteiger partial charge in [0.05, 0.1) is 19.0 Å². The summed E-state index contributed by atoms with van der Waals surface area (Å²) < 4.78 is 7.05. The largest absolute Gasteiger partial charge is 0.497 e. The molecule has 1 amide bonds. The van der Waals surface area contributed by atoms with Gasteiger partial charge in [-0.2, -0.15) is 10.2 Å². The number of para-hydroxylation sites is 1. The molecule has 4 rings (SSSR count). The van der Waals surface area contributed by atoms with E-state index in [-0.39, 0.29) is 5.91 Å². The van der Waals surface area contributed by atoms with Crippen molar-refractivity contribution in [3.63, 3.8) is 0 Å². The van der Waals surface area contributed by atoms with Crippen molar-refractivity contribution >= 4 is 12.1 Å². The maximum atomic E-state index is 12.3. The fourth-order valence-corrected chi connectivity index (χ4v) is 3.10. The van der Waals surface area contributed by atoms with Gasteiger partial charge >= 0.3 is 0 Å². The minimum Gasteiger partial charge on any atom is -0.497 e. The number of hydrogen-bond donors (Lipinski definition) is 1. The van der Waals surface area contributed by atoms with Crippen molar-refractivity contribution in [2.75, 3.05) is 7.11 Å². The molecule has 31 heavy (non-hydrogen) atoms. The second-order valence-corrected chi connectivity index (χ2v) is 7.01. The van der Waals surface area contributed by atoms with Crippen molar-refractivity contribution < 1.29 is 9.53 Å². The number of carbonyl (C=O) groups is 1. The van der Waals surface area contributed by atoms with E-state index >= 15 is 0 Å². The summed E-state index contributed by atoms with van der Waals surface area (Å²) in [5.74, 6) is 0.504. The van der Waals surface area contributed by atoms with Crippen molar-refractivity contribution in [1.29, 1.82) is 0 Å². The molecule has 6 nitrogen and oxygen atoms in total. The van der Waals surface area contributed by atoms with Gasteiger partial charge in [0.15, 0.2) is 0 Å². The minimum absolute atomic E-state index is 0.266. The smallest absolute Gasteiger partial charge is 0.271 e. The van der Waals surface area contributed by atoms with Crippen LogP contribution in [-0.4, -0.2) is 29.0 Å². The topological polar surface area (TPSA) is 68.5 Å². The van der Waals surface area contributed by atoms with E-state index in [2.05, 4.69) is 10.5 Å². The van der Waals surface area contributed by atoms with Crippen molar-refractivity contribution in [1.82, 2.24) is 15.2 Å². The monoisotopic (exact) mass is 410 g/mol. The molecule has 4 aromatic rings. The summed E-state index contributed by atoms with van der Waals surface area (Å²) in [5.41, 5.74) is 7.61. The first-order chi connectivity index (χ1) is 15.1. The molecule has 0 fully saturated rings. The minimum atomic E-state index is -0.266. The van der Waals surface area contributed by atoms with Gasteiger partial charge in [0.1, 0.15) is 11.4 Å². The standard InChI is InChI=1S/C25H22N4O2/c1-18-8-10-20(11-9-18)25(30)27-26-16-21-17-29(22-6-4-3-5-7-22)28-24(21)19-12-14-23(31-2)15-13-19/h3-17H,1-2H3,(H,27,30). The number of methoxy groups -OCH3 is 1. The molecule has 0 saturated heterocycles. The molecule has 0 atom stereocenters. The predicted molar refractivity (Wildman–Crippen MR) is 122 cm³/mol. The first-order valence-corrected chi connectivity index (χ1v) is 9.83. The summed E-state index contributed by atoms with van der Waals surface area (Å²) >= 11 is 0. The van der Waals surface area contributed by atoms with Gasteiger partial charge in [0.25, 0.3) is 5.91 Å². The van der Waals surface area contributed by atoms with Crippen LogP contribution in [-0.2, 0) is 0 Å². The van der Waals surface area contributed by atoms with Gasteiger partial charge in [-0.3, -0.25) is 4.79 Å². The maximum Gasteiger partial charge on any atom is 0.271 e. The van der Waals surface area contributed by atoms with Crippen LogP contribution in [0.5, 0.6) is 5.75 Å². The molecule has 154 valence electrons. The van der Waals surface area contributed by atoms with E-state index in [0.717, 1.165) is 33.8 Å². The summed E-state index contributed by atoms with van der Waals surface area (Å²) in [4.78, 5) is 12.3. The second-order valence-electron chi connectivity index (χ2n) is 7.01. The number of aryl methyl sites for hydroxylation is 1. The number of benzene rings is 3. The Hall–Kier alpha value is -4.19. The van der Waals surface area contributed by atoms with Crippen LogP contribution >= 0.6 is 0 Å². The van der Waals surface area contributed by atoms with E-state index < -0.39 is 0 Å². The van der Waals surface area contributed by atoms with Crippen LogP contribution in [0.4, 0.5) is 0 Å². The molecular weight excluding hydrogens is 388 g/mol. The van der Waals surface area contributed by atoms with Crippen molar-refractivity contribution in [3.05, 3.63) is 102 Å². The first kappa shape index (κ1) is 20.1. The Morgan fingerprint density at radius 1 is 1.00 bits per heavy atom. The van der Waals surface area contributed by atoms with Crippen LogP contribution in [0.3, 0.4) is 0 Å². The molecule has 0 radical (unpaired) electrons. The van der Waals surface area contributed by atoms with Crippen LogP contribution in [0.15, 0.2) is 90.2 Å². The maximum absolute atomic E-state index is 12.3. The number of aromatic nitrogens is 2. The zero-order valence-corrected chi connectivity index (χ0v) is 17.3. The zero-order valence-electron chi connectivity index (χ0n) is 17.3. The Bertz CT molecular complexity index is 1190. The number of nitrogens with zero attached hydrogens (tertiary/aromatic N) is 3. The summed E-state index contributed by atoms with van der Waals surface area (Å²) in [5, 5.41) is 8.91. The average molecular weight is 410 g/mol. The fourth-order valence-electron chi connectivity index (χ4n) is 3.10. The Morgan fingerprint density at radius 2 is 1.71 bits per heavy atom. The third-order valence-corrected chi connectivity index (χ3v) is 4.81. The lowest BCUT2D eigenvalue weighted by Crippen LogP contribution is -2.17. The highest BCUT2D eigenvalue weighted by molar-refractivity contribution is 5.95. The molecule has 6 heteroatoms. The molecule has 1 aromatic heterocycles. The molecule has 0 saturated carbocycles. The molecule has 0 unspecified atom stereocenters. The van der Waals surface area contributed by atoms with Gasteiger partial charge in [0.2, 0.25) is 0 Å². The molecule has 1 N–H and O–H groups in total. The normalized spacial score (nSPS) is 10.9. The Kier molecular flexibility index (Phi) is 5.89. The molecule has 0 aliphatic heterocycles. The van der Waals surface area contributed by atoms with Crippen LogP contribution in [0.25, 0.3) is 16.9 Å². The highest BCUT2D eigenvalue weighted by Gasteiger charge is 2.12.